The maximum atomic E-state index is 13.0. The van der Waals surface area contributed by atoms with Gasteiger partial charge in [-0.05, 0) is 48.7 Å². The van der Waals surface area contributed by atoms with Gasteiger partial charge in [0.2, 0.25) is 5.91 Å². The van der Waals surface area contributed by atoms with E-state index >= 15 is 0 Å². The van der Waals surface area contributed by atoms with Gasteiger partial charge in [-0.15, -0.1) is 0 Å². The number of para-hydroxylation sites is 1. The Bertz CT molecular complexity index is 820. The molecule has 2 amide bonds. The Labute approximate surface area is 153 Å². The molecule has 0 radical (unpaired) electrons. The number of rotatable bonds is 4. The van der Waals surface area contributed by atoms with E-state index in [9.17, 15) is 9.59 Å². The van der Waals surface area contributed by atoms with Crippen LogP contribution in [-0.2, 0) is 22.4 Å². The molecule has 6 nitrogen and oxygen atoms in total. The molecule has 0 fully saturated rings. The minimum Gasteiger partial charge on any atom is -0.453 e. The Morgan fingerprint density at radius 2 is 1.81 bits per heavy atom. The highest BCUT2D eigenvalue weighted by Crippen LogP contribution is 2.37. The lowest BCUT2D eigenvalue weighted by Crippen LogP contribution is -2.35. The number of hydrogen-bond donors (Lipinski definition) is 2. The van der Waals surface area contributed by atoms with Gasteiger partial charge < -0.3 is 10.1 Å². The van der Waals surface area contributed by atoms with Crippen LogP contribution in [0.2, 0.25) is 0 Å². The van der Waals surface area contributed by atoms with Crippen LogP contribution in [0.4, 0.5) is 21.9 Å². The molecule has 0 saturated heterocycles. The molecule has 2 aromatic carbocycles. The third kappa shape index (κ3) is 3.70. The van der Waals surface area contributed by atoms with Crippen LogP contribution in [0.25, 0.3) is 0 Å². The summed E-state index contributed by atoms with van der Waals surface area (Å²) < 4.78 is 4.67. The fraction of sp³-hybridized carbons (Fsp3) is 0.300. The summed E-state index contributed by atoms with van der Waals surface area (Å²) in [4.78, 5) is 26.3. The fourth-order valence-electron chi connectivity index (χ4n) is 3.15. The Balaban J connectivity index is 2.06. The zero-order valence-electron chi connectivity index (χ0n) is 15.0. The average Bonchev–Trinajstić information content (AvgIpc) is 2.82. The topological polar surface area (TPSA) is 70.7 Å². The van der Waals surface area contributed by atoms with Gasteiger partial charge in [-0.25, -0.2) is 4.79 Å². The zero-order chi connectivity index (χ0) is 18.5. The van der Waals surface area contributed by atoms with E-state index in [1.807, 2.05) is 43.3 Å². The van der Waals surface area contributed by atoms with Crippen molar-refractivity contribution >= 4 is 29.1 Å². The van der Waals surface area contributed by atoms with E-state index in [0.29, 0.717) is 5.69 Å². The molecule has 1 aliphatic rings. The minimum atomic E-state index is -0.538. The van der Waals surface area contributed by atoms with Crippen LogP contribution in [0.5, 0.6) is 0 Å². The number of anilines is 3. The van der Waals surface area contributed by atoms with Crippen molar-refractivity contribution in [3.8, 4) is 0 Å². The van der Waals surface area contributed by atoms with Crippen LogP contribution in [0.3, 0.4) is 0 Å². The van der Waals surface area contributed by atoms with Crippen molar-refractivity contribution in [2.24, 2.45) is 0 Å². The van der Waals surface area contributed by atoms with E-state index in [0.717, 1.165) is 41.9 Å². The Morgan fingerprint density at radius 3 is 2.54 bits per heavy atom. The molecular weight excluding hydrogens is 330 g/mol. The van der Waals surface area contributed by atoms with E-state index in [1.54, 1.807) is 4.90 Å². The van der Waals surface area contributed by atoms with Crippen LogP contribution in [0.1, 0.15) is 18.1 Å². The second-order valence-electron chi connectivity index (χ2n) is 6.10. The Hall–Kier alpha value is -2.86. The van der Waals surface area contributed by atoms with Gasteiger partial charge in [0.05, 0.1) is 25.0 Å². The van der Waals surface area contributed by atoms with Gasteiger partial charge in [-0.2, -0.15) is 0 Å². The maximum Gasteiger partial charge on any atom is 0.411 e. The molecule has 26 heavy (non-hydrogen) atoms. The van der Waals surface area contributed by atoms with Crippen molar-refractivity contribution in [2.75, 3.05) is 30.4 Å². The number of nitrogens with one attached hydrogen (secondary N) is 2. The standard InChI is InChI=1S/C20H23N3O3/c1-3-21-13-19(24)23-17-7-5-4-6-14(17)8-9-15-10-11-16(12-18(15)23)22-20(25)26-2/h4-7,10-12,21H,3,8-9,13H2,1-2H3,(H,22,25). The number of carbonyl (C=O) groups excluding carboxylic acids is 2. The molecule has 0 bridgehead atoms. The van der Waals surface area contributed by atoms with Gasteiger partial charge in [0.25, 0.3) is 0 Å². The van der Waals surface area contributed by atoms with Crippen molar-refractivity contribution in [3.05, 3.63) is 53.6 Å². The second-order valence-corrected chi connectivity index (χ2v) is 6.10. The summed E-state index contributed by atoms with van der Waals surface area (Å²) in [5.74, 6) is -0.0299. The first kappa shape index (κ1) is 17.9. The van der Waals surface area contributed by atoms with Crippen molar-refractivity contribution in [1.82, 2.24) is 5.32 Å². The summed E-state index contributed by atoms with van der Waals surface area (Å²) in [7, 11) is 1.32. The molecule has 6 heteroatoms. The smallest absolute Gasteiger partial charge is 0.411 e. The molecular formula is C20H23N3O3. The molecule has 3 rings (SSSR count). The van der Waals surface area contributed by atoms with Crippen molar-refractivity contribution in [3.63, 3.8) is 0 Å². The maximum absolute atomic E-state index is 13.0. The molecule has 0 saturated carbocycles. The van der Waals surface area contributed by atoms with Gasteiger partial charge in [-0.3, -0.25) is 15.0 Å². The van der Waals surface area contributed by atoms with Crippen molar-refractivity contribution < 1.29 is 14.3 Å². The van der Waals surface area contributed by atoms with Crippen LogP contribution in [0.15, 0.2) is 42.5 Å². The lowest BCUT2D eigenvalue weighted by atomic mass is 10.0. The predicted octanol–water partition coefficient (Wildman–Crippen LogP) is 3.24. The average molecular weight is 353 g/mol. The quantitative estimate of drug-likeness (QED) is 0.885. The molecule has 0 spiro atoms. The largest absolute Gasteiger partial charge is 0.453 e. The SMILES string of the molecule is CCNCC(=O)N1c2ccccc2CCc2ccc(NC(=O)OC)cc21. The van der Waals surface area contributed by atoms with E-state index in [1.165, 1.54) is 7.11 Å². The number of carbonyl (C=O) groups is 2. The molecule has 0 atom stereocenters. The predicted molar refractivity (Wildman–Crippen MR) is 102 cm³/mol. The highest BCUT2D eigenvalue weighted by atomic mass is 16.5. The Morgan fingerprint density at radius 1 is 1.08 bits per heavy atom. The summed E-state index contributed by atoms with van der Waals surface area (Å²) in [6.45, 7) is 2.94. The molecule has 0 aromatic heterocycles. The summed E-state index contributed by atoms with van der Waals surface area (Å²) in [5, 5.41) is 5.78. The zero-order valence-corrected chi connectivity index (χ0v) is 15.0. The highest BCUT2D eigenvalue weighted by Gasteiger charge is 2.25. The fourth-order valence-corrected chi connectivity index (χ4v) is 3.15. The van der Waals surface area contributed by atoms with Crippen LogP contribution < -0.4 is 15.5 Å². The van der Waals surface area contributed by atoms with Crippen LogP contribution >= 0.6 is 0 Å². The van der Waals surface area contributed by atoms with Gasteiger partial charge in [0.15, 0.2) is 0 Å². The number of amides is 2. The van der Waals surface area contributed by atoms with Crippen LogP contribution in [0, 0.1) is 0 Å². The number of fused-ring (bicyclic) bond motifs is 2. The normalized spacial score (nSPS) is 12.6. The first-order chi connectivity index (χ1) is 12.6. The number of hydrogen-bond acceptors (Lipinski definition) is 4. The third-order valence-electron chi connectivity index (χ3n) is 4.43. The van der Waals surface area contributed by atoms with E-state index in [4.69, 9.17) is 0 Å². The summed E-state index contributed by atoms with van der Waals surface area (Å²) in [5.41, 5.74) is 4.49. The number of ether oxygens (including phenoxy) is 1. The third-order valence-corrected chi connectivity index (χ3v) is 4.43. The lowest BCUT2D eigenvalue weighted by Gasteiger charge is -2.25. The molecule has 2 N–H and O–H groups in total. The Kier molecular flexibility index (Phi) is 5.53. The van der Waals surface area contributed by atoms with Crippen molar-refractivity contribution in [1.29, 1.82) is 0 Å². The first-order valence-electron chi connectivity index (χ1n) is 8.73. The monoisotopic (exact) mass is 353 g/mol. The summed E-state index contributed by atoms with van der Waals surface area (Å²) in [6.07, 6.45) is 1.15. The number of nitrogens with zero attached hydrogens (tertiary/aromatic N) is 1. The van der Waals surface area contributed by atoms with Crippen LogP contribution in [-0.4, -0.2) is 32.2 Å². The summed E-state index contributed by atoms with van der Waals surface area (Å²) in [6, 6.07) is 13.6. The number of benzene rings is 2. The number of likely N-dealkylation sites (N-methyl/N-ethyl adjacent to an activating group) is 1. The van der Waals surface area contributed by atoms with E-state index < -0.39 is 6.09 Å². The molecule has 2 aromatic rings. The number of aryl methyl sites for hydroxylation is 2. The molecule has 1 heterocycles. The van der Waals surface area contributed by atoms with Crippen molar-refractivity contribution in [2.45, 2.75) is 19.8 Å². The minimum absolute atomic E-state index is 0.0299. The van der Waals surface area contributed by atoms with E-state index in [2.05, 4.69) is 21.4 Å². The van der Waals surface area contributed by atoms with E-state index in [-0.39, 0.29) is 12.5 Å². The second kappa shape index (κ2) is 8.01. The van der Waals surface area contributed by atoms with Gasteiger partial charge >= 0.3 is 6.09 Å². The molecule has 0 aliphatic carbocycles. The molecule has 1 aliphatic heterocycles. The first-order valence-corrected chi connectivity index (χ1v) is 8.73. The molecule has 136 valence electrons. The summed E-state index contributed by atoms with van der Waals surface area (Å²) >= 11 is 0. The lowest BCUT2D eigenvalue weighted by molar-refractivity contribution is -0.117. The molecule has 0 unspecified atom stereocenters. The van der Waals surface area contributed by atoms with Gasteiger partial charge in [-0.1, -0.05) is 31.2 Å². The number of methoxy groups -OCH3 is 1. The van der Waals surface area contributed by atoms with Gasteiger partial charge in [0, 0.05) is 5.69 Å². The van der Waals surface area contributed by atoms with Gasteiger partial charge in [0.1, 0.15) is 0 Å². The highest BCUT2D eigenvalue weighted by molar-refractivity contribution is 6.04.